The summed E-state index contributed by atoms with van der Waals surface area (Å²) in [5.74, 6) is 2.16. The molecule has 0 spiro atoms. The van der Waals surface area contributed by atoms with Gasteiger partial charge < -0.3 is 29.4 Å². The number of amides is 1. The molecule has 0 radical (unpaired) electrons. The minimum absolute atomic E-state index is 0.0391. The second kappa shape index (κ2) is 7.53. The van der Waals surface area contributed by atoms with E-state index in [-0.39, 0.29) is 25.9 Å². The first kappa shape index (κ1) is 17.9. The Labute approximate surface area is 151 Å². The van der Waals surface area contributed by atoms with Gasteiger partial charge in [-0.25, -0.2) is 0 Å². The Morgan fingerprint density at radius 3 is 2.58 bits per heavy atom. The van der Waals surface area contributed by atoms with E-state index >= 15 is 0 Å². The molecule has 1 aliphatic rings. The molecule has 0 aromatic heterocycles. The molecule has 1 unspecified atom stereocenters. The zero-order chi connectivity index (χ0) is 18.6. The summed E-state index contributed by atoms with van der Waals surface area (Å²) in [6, 6.07) is 12.1. The van der Waals surface area contributed by atoms with Crippen LogP contribution in [0, 0.1) is 0 Å². The Balaban J connectivity index is 1.51. The molecule has 3 rings (SSSR count). The average Bonchev–Trinajstić information content (AvgIpc) is 3.13. The molecule has 2 N–H and O–H groups in total. The highest BCUT2D eigenvalue weighted by molar-refractivity contribution is 5.77. The standard InChI is InChI=1S/C19H21NO6/c1-19(22,13-3-8-16-17(9-13)26-12-25-16)11-20-18(21)10-24-15-6-4-14(23-2)5-7-15/h3-9,22H,10-12H2,1-2H3,(H,20,21). The number of aliphatic hydroxyl groups is 1. The van der Waals surface area contributed by atoms with E-state index in [1.165, 1.54) is 0 Å². The van der Waals surface area contributed by atoms with E-state index in [2.05, 4.69) is 5.32 Å². The number of fused-ring (bicyclic) bond motifs is 1. The van der Waals surface area contributed by atoms with E-state index in [0.29, 0.717) is 28.6 Å². The van der Waals surface area contributed by atoms with Crippen molar-refractivity contribution in [2.24, 2.45) is 0 Å². The van der Waals surface area contributed by atoms with Crippen molar-refractivity contribution >= 4 is 5.91 Å². The van der Waals surface area contributed by atoms with Crippen LogP contribution in [0.5, 0.6) is 23.0 Å². The van der Waals surface area contributed by atoms with Gasteiger partial charge in [0.15, 0.2) is 18.1 Å². The van der Waals surface area contributed by atoms with Gasteiger partial charge in [0.25, 0.3) is 5.91 Å². The van der Waals surface area contributed by atoms with Gasteiger partial charge in [-0.05, 0) is 48.9 Å². The van der Waals surface area contributed by atoms with Crippen LogP contribution < -0.4 is 24.3 Å². The maximum Gasteiger partial charge on any atom is 0.258 e. The van der Waals surface area contributed by atoms with E-state index in [4.69, 9.17) is 18.9 Å². The van der Waals surface area contributed by atoms with Gasteiger partial charge in [0, 0.05) is 0 Å². The highest BCUT2D eigenvalue weighted by atomic mass is 16.7. The summed E-state index contributed by atoms with van der Waals surface area (Å²) in [7, 11) is 1.58. The van der Waals surface area contributed by atoms with E-state index in [0.717, 1.165) is 0 Å². The van der Waals surface area contributed by atoms with Crippen LogP contribution >= 0.6 is 0 Å². The number of rotatable bonds is 7. The SMILES string of the molecule is COc1ccc(OCC(=O)NCC(C)(O)c2ccc3c(c2)OCO3)cc1. The fourth-order valence-corrected chi connectivity index (χ4v) is 2.48. The van der Waals surface area contributed by atoms with E-state index in [1.54, 1.807) is 56.5 Å². The summed E-state index contributed by atoms with van der Waals surface area (Å²) in [5, 5.41) is 13.3. The number of ether oxygens (including phenoxy) is 4. The Morgan fingerprint density at radius 1 is 1.15 bits per heavy atom. The van der Waals surface area contributed by atoms with Gasteiger partial charge in [0.05, 0.1) is 13.7 Å². The Morgan fingerprint density at radius 2 is 1.85 bits per heavy atom. The lowest BCUT2D eigenvalue weighted by Crippen LogP contribution is -2.40. The molecule has 0 saturated carbocycles. The summed E-state index contributed by atoms with van der Waals surface area (Å²) < 4.78 is 21.0. The first-order valence-electron chi connectivity index (χ1n) is 8.14. The van der Waals surface area contributed by atoms with Crippen LogP contribution in [-0.2, 0) is 10.4 Å². The third-order valence-electron chi connectivity index (χ3n) is 4.05. The minimum atomic E-state index is -1.25. The highest BCUT2D eigenvalue weighted by Crippen LogP contribution is 2.35. The Hall–Kier alpha value is -2.93. The molecule has 7 heteroatoms. The molecule has 1 amide bonds. The van der Waals surface area contributed by atoms with Crippen LogP contribution in [0.2, 0.25) is 0 Å². The molecule has 0 fully saturated rings. The number of hydrogen-bond donors (Lipinski definition) is 2. The van der Waals surface area contributed by atoms with Crippen LogP contribution in [0.15, 0.2) is 42.5 Å². The second-order valence-electron chi connectivity index (χ2n) is 6.08. The van der Waals surface area contributed by atoms with Gasteiger partial charge in [0.1, 0.15) is 17.1 Å². The first-order chi connectivity index (χ1) is 12.5. The normalized spacial score (nSPS) is 14.4. The van der Waals surface area contributed by atoms with Crippen molar-refractivity contribution < 1.29 is 28.8 Å². The number of nitrogens with one attached hydrogen (secondary N) is 1. The van der Waals surface area contributed by atoms with Crippen molar-refractivity contribution in [1.82, 2.24) is 5.32 Å². The van der Waals surface area contributed by atoms with Crippen molar-refractivity contribution in [3.63, 3.8) is 0 Å². The minimum Gasteiger partial charge on any atom is -0.497 e. The van der Waals surface area contributed by atoms with E-state index in [9.17, 15) is 9.90 Å². The largest absolute Gasteiger partial charge is 0.497 e. The van der Waals surface area contributed by atoms with Gasteiger partial charge in [0.2, 0.25) is 6.79 Å². The van der Waals surface area contributed by atoms with Gasteiger partial charge in [-0.15, -0.1) is 0 Å². The monoisotopic (exact) mass is 359 g/mol. The fraction of sp³-hybridized carbons (Fsp3) is 0.316. The number of carbonyl (C=O) groups excluding carboxylic acids is 1. The second-order valence-corrected chi connectivity index (χ2v) is 6.08. The number of hydrogen-bond acceptors (Lipinski definition) is 6. The zero-order valence-corrected chi connectivity index (χ0v) is 14.7. The van der Waals surface area contributed by atoms with Crippen LogP contribution in [-0.4, -0.2) is 38.1 Å². The fourth-order valence-electron chi connectivity index (χ4n) is 2.48. The third kappa shape index (κ3) is 4.18. The van der Waals surface area contributed by atoms with Crippen molar-refractivity contribution in [1.29, 1.82) is 0 Å². The predicted molar refractivity (Wildman–Crippen MR) is 93.6 cm³/mol. The Bertz CT molecular complexity index is 772. The number of carbonyl (C=O) groups is 1. The lowest BCUT2D eigenvalue weighted by atomic mass is 9.95. The molecular formula is C19H21NO6. The molecule has 2 aromatic rings. The van der Waals surface area contributed by atoms with E-state index in [1.807, 2.05) is 0 Å². The molecule has 7 nitrogen and oxygen atoms in total. The molecule has 0 bridgehead atoms. The summed E-state index contributed by atoms with van der Waals surface area (Å²) in [6.07, 6.45) is 0. The maximum absolute atomic E-state index is 12.0. The maximum atomic E-state index is 12.0. The number of methoxy groups -OCH3 is 1. The van der Waals surface area contributed by atoms with Gasteiger partial charge >= 0.3 is 0 Å². The van der Waals surface area contributed by atoms with Crippen LogP contribution in [0.1, 0.15) is 12.5 Å². The zero-order valence-electron chi connectivity index (χ0n) is 14.7. The molecule has 138 valence electrons. The smallest absolute Gasteiger partial charge is 0.258 e. The molecule has 0 aliphatic carbocycles. The number of benzene rings is 2. The molecule has 1 atom stereocenters. The van der Waals surface area contributed by atoms with Gasteiger partial charge in [-0.2, -0.15) is 0 Å². The molecule has 1 aliphatic heterocycles. The van der Waals surface area contributed by atoms with Crippen LogP contribution in [0.4, 0.5) is 0 Å². The van der Waals surface area contributed by atoms with E-state index < -0.39 is 5.60 Å². The summed E-state index contributed by atoms with van der Waals surface area (Å²) >= 11 is 0. The van der Waals surface area contributed by atoms with Crippen molar-refractivity contribution in [2.45, 2.75) is 12.5 Å². The van der Waals surface area contributed by atoms with Crippen molar-refractivity contribution in [3.05, 3.63) is 48.0 Å². The Kier molecular flexibility index (Phi) is 5.18. The highest BCUT2D eigenvalue weighted by Gasteiger charge is 2.26. The van der Waals surface area contributed by atoms with Crippen LogP contribution in [0.25, 0.3) is 0 Å². The summed E-state index contributed by atoms with van der Waals surface area (Å²) in [5.41, 5.74) is -0.630. The summed E-state index contributed by atoms with van der Waals surface area (Å²) in [4.78, 5) is 12.0. The first-order valence-corrected chi connectivity index (χ1v) is 8.14. The predicted octanol–water partition coefficient (Wildman–Crippen LogP) is 1.83. The quantitative estimate of drug-likeness (QED) is 0.784. The third-order valence-corrected chi connectivity index (χ3v) is 4.05. The molecule has 0 saturated heterocycles. The molecule has 2 aromatic carbocycles. The lowest BCUT2D eigenvalue weighted by molar-refractivity contribution is -0.124. The average molecular weight is 359 g/mol. The molecular weight excluding hydrogens is 338 g/mol. The topological polar surface area (TPSA) is 86.3 Å². The lowest BCUT2D eigenvalue weighted by Gasteiger charge is -2.24. The van der Waals surface area contributed by atoms with Crippen LogP contribution in [0.3, 0.4) is 0 Å². The van der Waals surface area contributed by atoms with Crippen molar-refractivity contribution in [3.8, 4) is 23.0 Å². The molecule has 26 heavy (non-hydrogen) atoms. The summed E-state index contributed by atoms with van der Waals surface area (Å²) in [6.45, 7) is 1.68. The van der Waals surface area contributed by atoms with Gasteiger partial charge in [-0.3, -0.25) is 4.79 Å². The van der Waals surface area contributed by atoms with Gasteiger partial charge in [-0.1, -0.05) is 6.07 Å². The molecule has 1 heterocycles. The van der Waals surface area contributed by atoms with Crippen molar-refractivity contribution in [2.75, 3.05) is 27.1 Å².